The van der Waals surface area contributed by atoms with Gasteiger partial charge >= 0.3 is 0 Å². The van der Waals surface area contributed by atoms with Crippen LogP contribution in [0.4, 0.5) is 10.1 Å². The van der Waals surface area contributed by atoms with Crippen LogP contribution < -0.4 is 10.6 Å². The number of hydrogen-bond acceptors (Lipinski definition) is 4. The molecule has 6 heteroatoms. The lowest BCUT2D eigenvalue weighted by atomic mass is 10.1. The molecule has 1 aromatic carbocycles. The highest BCUT2D eigenvalue weighted by Gasteiger charge is 2.14. The molecule has 2 rings (SSSR count). The summed E-state index contributed by atoms with van der Waals surface area (Å²) in [6.45, 7) is 4.00. The van der Waals surface area contributed by atoms with Crippen LogP contribution in [0.25, 0.3) is 0 Å². The highest BCUT2D eigenvalue weighted by molar-refractivity contribution is 5.97. The fourth-order valence-corrected chi connectivity index (χ4v) is 2.45. The van der Waals surface area contributed by atoms with Crippen LogP contribution in [0.3, 0.4) is 0 Å². The number of likely N-dealkylation sites (N-methyl/N-ethyl adjacent to an activating group) is 1. The molecular weight excluding hydrogens is 259 g/mol. The monoisotopic (exact) mass is 280 g/mol. The molecule has 0 aliphatic carbocycles. The smallest absolute Gasteiger partial charge is 0.170 e. The molecule has 0 radical (unpaired) electrons. The van der Waals surface area contributed by atoms with Crippen molar-refractivity contribution in [2.75, 3.05) is 38.1 Å². The first kappa shape index (κ1) is 14.6. The van der Waals surface area contributed by atoms with E-state index in [9.17, 15) is 4.39 Å². The zero-order valence-electron chi connectivity index (χ0n) is 11.7. The van der Waals surface area contributed by atoms with Crippen LogP contribution in [0.1, 0.15) is 18.4 Å². The molecule has 1 heterocycles. The van der Waals surface area contributed by atoms with Crippen LogP contribution in [0.5, 0.6) is 0 Å². The molecule has 0 unspecified atom stereocenters. The lowest BCUT2D eigenvalue weighted by Crippen LogP contribution is -2.31. The molecule has 5 nitrogen and oxygen atoms in total. The Morgan fingerprint density at radius 1 is 1.45 bits per heavy atom. The zero-order chi connectivity index (χ0) is 14.5. The number of amidine groups is 1. The van der Waals surface area contributed by atoms with Crippen molar-refractivity contribution in [3.63, 3.8) is 0 Å². The Balaban J connectivity index is 2.00. The van der Waals surface area contributed by atoms with E-state index in [2.05, 4.69) is 10.1 Å². The van der Waals surface area contributed by atoms with Crippen LogP contribution in [0.15, 0.2) is 23.4 Å². The molecule has 1 aliphatic rings. The summed E-state index contributed by atoms with van der Waals surface area (Å²) in [5.74, 6) is -0.451. The lowest BCUT2D eigenvalue weighted by Gasteiger charge is -2.23. The summed E-state index contributed by atoms with van der Waals surface area (Å²) in [4.78, 5) is 4.28. The normalized spacial score (nSPS) is 16.6. The Bertz CT molecular complexity index is 486. The van der Waals surface area contributed by atoms with Crippen LogP contribution in [-0.2, 0) is 0 Å². The van der Waals surface area contributed by atoms with Crippen molar-refractivity contribution in [3.8, 4) is 0 Å². The molecular formula is C14H21FN4O. The number of likely N-dealkylation sites (tertiary alicyclic amines) is 1. The van der Waals surface area contributed by atoms with E-state index in [0.717, 1.165) is 26.2 Å². The minimum Gasteiger partial charge on any atom is -0.409 e. The second-order valence-corrected chi connectivity index (χ2v) is 5.12. The predicted molar refractivity (Wildman–Crippen MR) is 77.9 cm³/mol. The Kier molecular flexibility index (Phi) is 4.79. The van der Waals surface area contributed by atoms with E-state index in [1.807, 2.05) is 11.9 Å². The maximum atomic E-state index is 14.1. The molecule has 1 aromatic rings. The first-order valence-electron chi connectivity index (χ1n) is 6.83. The average Bonchev–Trinajstić information content (AvgIpc) is 2.97. The molecule has 0 aromatic heterocycles. The van der Waals surface area contributed by atoms with Crippen LogP contribution in [0.2, 0.25) is 0 Å². The zero-order valence-corrected chi connectivity index (χ0v) is 11.7. The van der Waals surface area contributed by atoms with Gasteiger partial charge in [-0.15, -0.1) is 0 Å². The molecule has 1 saturated heterocycles. The minimum absolute atomic E-state index is 0.0878. The number of nitrogens with two attached hydrogens (primary N) is 1. The van der Waals surface area contributed by atoms with Crippen molar-refractivity contribution >= 4 is 11.5 Å². The summed E-state index contributed by atoms with van der Waals surface area (Å²) in [6.07, 6.45) is 2.51. The van der Waals surface area contributed by atoms with E-state index in [1.165, 1.54) is 18.9 Å². The Hall–Kier alpha value is -1.82. The highest BCUT2D eigenvalue weighted by Crippen LogP contribution is 2.19. The van der Waals surface area contributed by atoms with Crippen molar-refractivity contribution < 1.29 is 9.60 Å². The third-order valence-electron chi connectivity index (χ3n) is 3.71. The van der Waals surface area contributed by atoms with E-state index >= 15 is 0 Å². The first-order valence-corrected chi connectivity index (χ1v) is 6.83. The summed E-state index contributed by atoms with van der Waals surface area (Å²) in [7, 11) is 1.87. The second-order valence-electron chi connectivity index (χ2n) is 5.12. The summed E-state index contributed by atoms with van der Waals surface area (Å²) in [6, 6.07) is 4.60. The SMILES string of the molecule is CN(CCN1CCCC1)c1ccc(C(N)=NO)cc1F. The van der Waals surface area contributed by atoms with Gasteiger partial charge in [0.25, 0.3) is 0 Å². The van der Waals surface area contributed by atoms with Gasteiger partial charge in [-0.3, -0.25) is 0 Å². The van der Waals surface area contributed by atoms with Gasteiger partial charge in [-0.25, -0.2) is 4.39 Å². The highest BCUT2D eigenvalue weighted by atomic mass is 19.1. The average molecular weight is 280 g/mol. The second kappa shape index (κ2) is 6.56. The Labute approximate surface area is 118 Å². The first-order chi connectivity index (χ1) is 9.61. The number of rotatable bonds is 5. The summed E-state index contributed by atoms with van der Waals surface area (Å²) in [5, 5.41) is 11.5. The number of benzene rings is 1. The van der Waals surface area contributed by atoms with Crippen molar-refractivity contribution in [2.24, 2.45) is 10.9 Å². The van der Waals surface area contributed by atoms with Crippen molar-refractivity contribution in [3.05, 3.63) is 29.6 Å². The van der Waals surface area contributed by atoms with Crippen molar-refractivity contribution in [1.29, 1.82) is 0 Å². The maximum absolute atomic E-state index is 14.1. The third kappa shape index (κ3) is 3.39. The van der Waals surface area contributed by atoms with Crippen molar-refractivity contribution in [1.82, 2.24) is 4.90 Å². The molecule has 0 bridgehead atoms. The Morgan fingerprint density at radius 2 is 2.15 bits per heavy atom. The van der Waals surface area contributed by atoms with Crippen LogP contribution >= 0.6 is 0 Å². The van der Waals surface area contributed by atoms with Crippen molar-refractivity contribution in [2.45, 2.75) is 12.8 Å². The van der Waals surface area contributed by atoms with Gasteiger partial charge in [0.2, 0.25) is 0 Å². The minimum atomic E-state index is -0.363. The number of anilines is 1. The predicted octanol–water partition coefficient (Wildman–Crippen LogP) is 1.45. The van der Waals surface area contributed by atoms with E-state index in [1.54, 1.807) is 12.1 Å². The van der Waals surface area contributed by atoms with Gasteiger partial charge in [0, 0.05) is 25.7 Å². The van der Waals surface area contributed by atoms with E-state index in [-0.39, 0.29) is 11.7 Å². The summed E-state index contributed by atoms with van der Waals surface area (Å²) in [5.41, 5.74) is 6.35. The third-order valence-corrected chi connectivity index (χ3v) is 3.71. The lowest BCUT2D eigenvalue weighted by molar-refractivity contribution is 0.318. The molecule has 0 saturated carbocycles. The molecule has 110 valence electrons. The summed E-state index contributed by atoms with van der Waals surface area (Å²) >= 11 is 0. The van der Waals surface area contributed by atoms with Gasteiger partial charge in [-0.05, 0) is 44.1 Å². The molecule has 0 atom stereocenters. The molecule has 20 heavy (non-hydrogen) atoms. The van der Waals surface area contributed by atoms with Gasteiger partial charge in [-0.1, -0.05) is 5.16 Å². The topological polar surface area (TPSA) is 65.1 Å². The molecule has 0 spiro atoms. The molecule has 1 aliphatic heterocycles. The molecule has 1 fully saturated rings. The standard InChI is InChI=1S/C14H21FN4O/c1-18(8-9-19-6-2-3-7-19)13-5-4-11(10-12(13)15)14(16)17-20/h4-5,10,20H,2-3,6-9H2,1H3,(H2,16,17). The van der Waals surface area contributed by atoms with E-state index in [0.29, 0.717) is 11.3 Å². The van der Waals surface area contributed by atoms with Gasteiger partial charge in [0.1, 0.15) is 5.82 Å². The summed E-state index contributed by atoms with van der Waals surface area (Å²) < 4.78 is 14.1. The number of nitrogens with zero attached hydrogens (tertiary/aromatic N) is 3. The number of hydrogen-bond donors (Lipinski definition) is 2. The van der Waals surface area contributed by atoms with Gasteiger partial charge in [-0.2, -0.15) is 0 Å². The van der Waals surface area contributed by atoms with Gasteiger partial charge in [0.05, 0.1) is 5.69 Å². The van der Waals surface area contributed by atoms with Crippen LogP contribution in [0, 0.1) is 5.82 Å². The molecule has 3 N–H and O–H groups in total. The Morgan fingerprint density at radius 3 is 2.75 bits per heavy atom. The largest absolute Gasteiger partial charge is 0.409 e. The molecule has 0 amide bonds. The number of halogens is 1. The fourth-order valence-electron chi connectivity index (χ4n) is 2.45. The van der Waals surface area contributed by atoms with Crippen LogP contribution in [-0.4, -0.2) is 49.2 Å². The van der Waals surface area contributed by atoms with Gasteiger partial charge in [0.15, 0.2) is 5.84 Å². The number of oxime groups is 1. The maximum Gasteiger partial charge on any atom is 0.170 e. The van der Waals surface area contributed by atoms with E-state index < -0.39 is 0 Å². The van der Waals surface area contributed by atoms with Gasteiger partial charge < -0.3 is 20.7 Å². The quantitative estimate of drug-likeness (QED) is 0.371. The van der Waals surface area contributed by atoms with E-state index in [4.69, 9.17) is 10.9 Å². The fraction of sp³-hybridized carbons (Fsp3) is 0.500.